The van der Waals surface area contributed by atoms with E-state index in [1.807, 2.05) is 0 Å². The van der Waals surface area contributed by atoms with Crippen molar-refractivity contribution in [3.05, 3.63) is 35.4 Å². The zero-order chi connectivity index (χ0) is 12.3. The molecule has 1 aromatic rings. The SMILES string of the molecule is COP(=O)(O)C(=O)c1ccccc1C(=O)O. The summed E-state index contributed by atoms with van der Waals surface area (Å²) in [7, 11) is -3.55. The van der Waals surface area contributed by atoms with Gasteiger partial charge in [0.05, 0.1) is 5.56 Å². The van der Waals surface area contributed by atoms with Crippen LogP contribution in [-0.4, -0.2) is 28.6 Å². The summed E-state index contributed by atoms with van der Waals surface area (Å²) in [6.45, 7) is 0. The maximum absolute atomic E-state index is 11.5. The van der Waals surface area contributed by atoms with Crippen LogP contribution in [0.1, 0.15) is 20.7 Å². The van der Waals surface area contributed by atoms with Crippen LogP contribution in [0, 0.1) is 0 Å². The molecule has 0 bridgehead atoms. The zero-order valence-electron chi connectivity index (χ0n) is 8.28. The molecule has 0 amide bonds. The lowest BCUT2D eigenvalue weighted by atomic mass is 10.1. The smallest absolute Gasteiger partial charge is 0.398 e. The zero-order valence-corrected chi connectivity index (χ0v) is 9.18. The molecule has 16 heavy (non-hydrogen) atoms. The molecule has 0 spiro atoms. The fraction of sp³-hybridized carbons (Fsp3) is 0.111. The lowest BCUT2D eigenvalue weighted by Gasteiger charge is -2.08. The van der Waals surface area contributed by atoms with Gasteiger partial charge in [-0.05, 0) is 12.1 Å². The molecule has 1 unspecified atom stereocenters. The predicted molar refractivity (Wildman–Crippen MR) is 54.6 cm³/mol. The Morgan fingerprint density at radius 1 is 1.25 bits per heavy atom. The van der Waals surface area contributed by atoms with Gasteiger partial charge in [-0.3, -0.25) is 9.36 Å². The molecule has 0 saturated carbocycles. The first-order chi connectivity index (χ1) is 7.40. The molecule has 1 atom stereocenters. The van der Waals surface area contributed by atoms with Gasteiger partial charge in [0.25, 0.3) is 5.52 Å². The summed E-state index contributed by atoms with van der Waals surface area (Å²) in [5.41, 5.74) is -1.91. The Bertz CT molecular complexity index is 481. The Balaban J connectivity index is 3.29. The van der Waals surface area contributed by atoms with Crippen molar-refractivity contribution in [1.29, 1.82) is 0 Å². The number of carboxylic acids is 1. The van der Waals surface area contributed by atoms with E-state index >= 15 is 0 Å². The van der Waals surface area contributed by atoms with Crippen molar-refractivity contribution in [2.45, 2.75) is 0 Å². The van der Waals surface area contributed by atoms with E-state index in [0.717, 1.165) is 13.2 Å². The van der Waals surface area contributed by atoms with E-state index in [-0.39, 0.29) is 11.1 Å². The molecule has 1 rings (SSSR count). The number of rotatable bonds is 4. The van der Waals surface area contributed by atoms with Crippen molar-refractivity contribution in [3.8, 4) is 0 Å². The van der Waals surface area contributed by atoms with Crippen LogP contribution in [0.15, 0.2) is 24.3 Å². The predicted octanol–water partition coefficient (Wildman–Crippen LogP) is 1.36. The molecule has 0 saturated heterocycles. The molecule has 6 nitrogen and oxygen atoms in total. The van der Waals surface area contributed by atoms with Gasteiger partial charge in [0.15, 0.2) is 0 Å². The summed E-state index contributed by atoms with van der Waals surface area (Å²) >= 11 is 0. The average molecular weight is 244 g/mol. The first kappa shape index (κ1) is 12.6. The Kier molecular flexibility index (Phi) is 3.59. The Morgan fingerprint density at radius 3 is 2.19 bits per heavy atom. The Morgan fingerprint density at radius 2 is 1.75 bits per heavy atom. The average Bonchev–Trinajstić information content (AvgIpc) is 2.28. The maximum atomic E-state index is 11.5. The highest BCUT2D eigenvalue weighted by molar-refractivity contribution is 7.71. The molecule has 2 N–H and O–H groups in total. The van der Waals surface area contributed by atoms with E-state index in [1.54, 1.807) is 0 Å². The molecule has 0 fully saturated rings. The summed E-state index contributed by atoms with van der Waals surface area (Å²) in [6.07, 6.45) is 0. The third kappa shape index (κ3) is 2.36. The lowest BCUT2D eigenvalue weighted by molar-refractivity contribution is 0.0693. The fourth-order valence-corrected chi connectivity index (χ4v) is 1.76. The van der Waals surface area contributed by atoms with Gasteiger partial charge < -0.3 is 14.5 Å². The number of aromatic carboxylic acids is 1. The van der Waals surface area contributed by atoms with Crippen molar-refractivity contribution >= 4 is 19.1 Å². The largest absolute Gasteiger partial charge is 0.478 e. The molecule has 86 valence electrons. The van der Waals surface area contributed by atoms with E-state index in [1.165, 1.54) is 18.2 Å². The molecule has 0 heterocycles. The second kappa shape index (κ2) is 4.57. The highest BCUT2D eigenvalue weighted by atomic mass is 31.2. The number of hydrogen-bond donors (Lipinski definition) is 2. The monoisotopic (exact) mass is 244 g/mol. The second-order valence-corrected chi connectivity index (χ2v) is 4.67. The molecular formula is C9H9O6P. The number of hydrogen-bond acceptors (Lipinski definition) is 4. The number of carboxylic acid groups (broad SMARTS) is 1. The number of benzene rings is 1. The Hall–Kier alpha value is -1.49. The first-order valence-electron chi connectivity index (χ1n) is 4.16. The van der Waals surface area contributed by atoms with Crippen molar-refractivity contribution in [3.63, 3.8) is 0 Å². The molecular weight excluding hydrogens is 235 g/mol. The highest BCUT2D eigenvalue weighted by Gasteiger charge is 2.33. The van der Waals surface area contributed by atoms with Crippen LogP contribution in [0.2, 0.25) is 0 Å². The van der Waals surface area contributed by atoms with Gasteiger partial charge in [0.1, 0.15) is 0 Å². The van der Waals surface area contributed by atoms with Crippen molar-refractivity contribution in [2.75, 3.05) is 7.11 Å². The van der Waals surface area contributed by atoms with Crippen LogP contribution in [0.5, 0.6) is 0 Å². The van der Waals surface area contributed by atoms with E-state index in [9.17, 15) is 14.2 Å². The highest BCUT2D eigenvalue weighted by Crippen LogP contribution is 2.44. The molecule has 7 heteroatoms. The standard InChI is InChI=1S/C9H9O6P/c1-15-16(13,14)9(12)7-5-3-2-4-6(7)8(10)11/h2-5H,1H3,(H,10,11)(H,13,14). The maximum Gasteiger partial charge on any atom is 0.398 e. The molecule has 0 aliphatic rings. The number of carbonyl (C=O) groups excluding carboxylic acids is 1. The summed E-state index contributed by atoms with van der Waals surface area (Å²) in [5, 5.41) is 8.79. The van der Waals surface area contributed by atoms with Gasteiger partial charge in [0, 0.05) is 12.7 Å². The summed E-state index contributed by atoms with van der Waals surface area (Å²) < 4.78 is 15.4. The lowest BCUT2D eigenvalue weighted by Crippen LogP contribution is -2.09. The molecule has 0 radical (unpaired) electrons. The van der Waals surface area contributed by atoms with Crippen molar-refractivity contribution < 1.29 is 28.7 Å². The summed E-state index contributed by atoms with van der Waals surface area (Å²) in [4.78, 5) is 31.4. The van der Waals surface area contributed by atoms with Gasteiger partial charge in [-0.2, -0.15) is 0 Å². The summed E-state index contributed by atoms with van der Waals surface area (Å²) in [5.74, 6) is -1.35. The van der Waals surface area contributed by atoms with E-state index < -0.39 is 19.1 Å². The normalized spacial score (nSPS) is 14.1. The van der Waals surface area contributed by atoms with Crippen LogP contribution >= 0.6 is 7.60 Å². The Labute approximate surface area is 91.0 Å². The number of carbonyl (C=O) groups is 2. The van der Waals surface area contributed by atoms with E-state index in [2.05, 4.69) is 4.52 Å². The third-order valence-electron chi connectivity index (χ3n) is 1.89. The quantitative estimate of drug-likeness (QED) is 0.775. The topological polar surface area (TPSA) is 101 Å². The van der Waals surface area contributed by atoms with Crippen LogP contribution < -0.4 is 0 Å². The van der Waals surface area contributed by atoms with E-state index in [0.29, 0.717) is 0 Å². The molecule has 0 aromatic heterocycles. The first-order valence-corrected chi connectivity index (χ1v) is 5.73. The molecule has 0 aliphatic heterocycles. The third-order valence-corrected chi connectivity index (χ3v) is 3.14. The van der Waals surface area contributed by atoms with Gasteiger partial charge >= 0.3 is 13.6 Å². The van der Waals surface area contributed by atoms with Crippen LogP contribution in [0.25, 0.3) is 0 Å². The minimum atomic E-state index is -4.46. The van der Waals surface area contributed by atoms with Gasteiger partial charge in [-0.1, -0.05) is 12.1 Å². The molecule has 0 aliphatic carbocycles. The molecule has 1 aromatic carbocycles. The summed E-state index contributed by atoms with van der Waals surface area (Å²) in [6, 6.07) is 5.14. The minimum absolute atomic E-state index is 0.334. The van der Waals surface area contributed by atoms with Crippen LogP contribution in [-0.2, 0) is 9.09 Å². The second-order valence-electron chi connectivity index (χ2n) is 2.86. The van der Waals surface area contributed by atoms with E-state index in [4.69, 9.17) is 10.00 Å². The fourth-order valence-electron chi connectivity index (χ4n) is 1.09. The van der Waals surface area contributed by atoms with Crippen molar-refractivity contribution in [2.24, 2.45) is 0 Å². The van der Waals surface area contributed by atoms with Crippen LogP contribution in [0.4, 0.5) is 0 Å². The van der Waals surface area contributed by atoms with Crippen molar-refractivity contribution in [1.82, 2.24) is 0 Å². The minimum Gasteiger partial charge on any atom is -0.478 e. The van der Waals surface area contributed by atoms with Gasteiger partial charge in [-0.15, -0.1) is 0 Å². The van der Waals surface area contributed by atoms with Gasteiger partial charge in [0.2, 0.25) is 0 Å². The van der Waals surface area contributed by atoms with Gasteiger partial charge in [-0.25, -0.2) is 4.79 Å². The van der Waals surface area contributed by atoms with Crippen LogP contribution in [0.3, 0.4) is 0 Å².